The second-order valence-corrected chi connectivity index (χ2v) is 9.80. The van der Waals surface area contributed by atoms with E-state index < -0.39 is 18.3 Å². The molecule has 0 aliphatic carbocycles. The van der Waals surface area contributed by atoms with Gasteiger partial charge in [-0.05, 0) is 48.2 Å². The largest absolute Gasteiger partial charge is 0.506 e. The Hall–Kier alpha value is -3.46. The molecule has 1 N–H and O–H groups in total. The number of benzene rings is 2. The van der Waals surface area contributed by atoms with Gasteiger partial charge in [-0.25, -0.2) is 4.79 Å². The fraction of sp³-hybridized carbons (Fsp3) is 0.517. The van der Waals surface area contributed by atoms with Crippen molar-refractivity contribution < 1.29 is 33.6 Å². The highest BCUT2D eigenvalue weighted by atomic mass is 16.7. The number of carbonyl (C=O) groups is 2. The molecule has 0 bridgehead atoms. The van der Waals surface area contributed by atoms with Crippen molar-refractivity contribution in [1.29, 1.82) is 0 Å². The predicted octanol–water partition coefficient (Wildman–Crippen LogP) is 5.06. The van der Waals surface area contributed by atoms with Crippen LogP contribution in [0.5, 0.6) is 17.2 Å². The van der Waals surface area contributed by atoms with E-state index in [2.05, 4.69) is 18.7 Å². The Balaban J connectivity index is 1.68. The maximum Gasteiger partial charge on any atom is 0.506 e. The van der Waals surface area contributed by atoms with Crippen molar-refractivity contribution in [2.45, 2.75) is 57.6 Å². The van der Waals surface area contributed by atoms with Crippen LogP contribution >= 0.6 is 0 Å². The van der Waals surface area contributed by atoms with E-state index in [1.54, 1.807) is 7.11 Å². The van der Waals surface area contributed by atoms with Crippen LogP contribution in [0.25, 0.3) is 0 Å². The number of nitrogens with zero attached hydrogens (tertiary/aromatic N) is 2. The summed E-state index contributed by atoms with van der Waals surface area (Å²) < 4.78 is 21.9. The Morgan fingerprint density at radius 3 is 2.29 bits per heavy atom. The Kier molecular flexibility index (Phi) is 9.33. The number of carbonyl (C=O) groups excluding carboxylic acids is 1. The number of fused-ring (bicyclic) bond motifs is 1. The third kappa shape index (κ3) is 6.32. The number of unbranched alkanes of at least 4 members (excludes halogenated alkanes) is 2. The highest BCUT2D eigenvalue weighted by Gasteiger charge is 2.47. The van der Waals surface area contributed by atoms with Crippen LogP contribution in [-0.2, 0) is 9.53 Å². The molecule has 1 saturated heterocycles. The second kappa shape index (κ2) is 12.9. The molecule has 0 spiro atoms. The lowest BCUT2D eigenvalue weighted by molar-refractivity contribution is -0.133. The number of methoxy groups -OCH3 is 1. The lowest BCUT2D eigenvalue weighted by Gasteiger charge is -2.30. The zero-order chi connectivity index (χ0) is 27.1. The van der Waals surface area contributed by atoms with Crippen molar-refractivity contribution in [3.63, 3.8) is 0 Å². The molecule has 4 rings (SSSR count). The standard InChI is InChI=1S/C29H38N2O7/c1-4-6-14-30(15-7-5-2)26(32)18-31-17-23(21-10-13-24-25(16-21)37-19-36-24)28(38-29(33)34)27(31)20-8-11-22(35-3)12-9-20/h8-13,16,23,27-28H,4-7,14-15,17-19H2,1-3H3,(H,33,34)/t23-,27-,28+/m1/s1. The van der Waals surface area contributed by atoms with E-state index in [1.807, 2.05) is 47.4 Å². The topological polar surface area (TPSA) is 97.8 Å². The molecule has 0 saturated carbocycles. The molecule has 2 aromatic rings. The smallest absolute Gasteiger partial charge is 0.497 e. The molecule has 9 heteroatoms. The van der Waals surface area contributed by atoms with E-state index in [-0.39, 0.29) is 25.2 Å². The van der Waals surface area contributed by atoms with Crippen LogP contribution in [0.4, 0.5) is 4.79 Å². The average molecular weight is 527 g/mol. The highest BCUT2D eigenvalue weighted by Crippen LogP contribution is 2.45. The van der Waals surface area contributed by atoms with Gasteiger partial charge in [0.25, 0.3) is 0 Å². The summed E-state index contributed by atoms with van der Waals surface area (Å²) >= 11 is 0. The van der Waals surface area contributed by atoms with E-state index in [1.165, 1.54) is 0 Å². The van der Waals surface area contributed by atoms with Crippen molar-refractivity contribution >= 4 is 12.1 Å². The first-order valence-electron chi connectivity index (χ1n) is 13.4. The molecular formula is C29H38N2O7. The molecule has 0 radical (unpaired) electrons. The minimum absolute atomic E-state index is 0.0471. The number of rotatable bonds is 12. The van der Waals surface area contributed by atoms with Crippen LogP contribution in [0.15, 0.2) is 42.5 Å². The van der Waals surface area contributed by atoms with Crippen molar-refractivity contribution in [2.24, 2.45) is 0 Å². The maximum atomic E-state index is 13.6. The van der Waals surface area contributed by atoms with Gasteiger partial charge in [0.15, 0.2) is 11.5 Å². The molecule has 0 unspecified atom stereocenters. The van der Waals surface area contributed by atoms with E-state index in [0.717, 1.165) is 49.9 Å². The molecule has 9 nitrogen and oxygen atoms in total. The van der Waals surface area contributed by atoms with Gasteiger partial charge >= 0.3 is 6.16 Å². The molecule has 3 atom stereocenters. The molecule has 38 heavy (non-hydrogen) atoms. The highest BCUT2D eigenvalue weighted by molar-refractivity contribution is 5.78. The second-order valence-electron chi connectivity index (χ2n) is 9.80. The number of ether oxygens (including phenoxy) is 4. The molecule has 2 aliphatic heterocycles. The van der Waals surface area contributed by atoms with Crippen LogP contribution in [0.3, 0.4) is 0 Å². The zero-order valence-electron chi connectivity index (χ0n) is 22.4. The first-order chi connectivity index (χ1) is 18.4. The fourth-order valence-electron chi connectivity index (χ4n) is 5.30. The van der Waals surface area contributed by atoms with Gasteiger partial charge in [-0.3, -0.25) is 9.69 Å². The Bertz CT molecular complexity index is 1080. The molecule has 0 aromatic heterocycles. The normalized spacial score (nSPS) is 20.3. The van der Waals surface area contributed by atoms with Crippen LogP contribution in [-0.4, -0.2) is 73.2 Å². The van der Waals surface area contributed by atoms with Crippen LogP contribution < -0.4 is 14.2 Å². The monoisotopic (exact) mass is 526 g/mol. The molecule has 2 aromatic carbocycles. The van der Waals surface area contributed by atoms with Crippen molar-refractivity contribution in [3.05, 3.63) is 53.6 Å². The van der Waals surface area contributed by atoms with E-state index >= 15 is 0 Å². The van der Waals surface area contributed by atoms with E-state index in [4.69, 9.17) is 18.9 Å². The van der Waals surface area contributed by atoms with Crippen LogP contribution in [0, 0.1) is 0 Å². The number of carboxylic acid groups (broad SMARTS) is 1. The summed E-state index contributed by atoms with van der Waals surface area (Å²) in [5, 5.41) is 9.71. The first kappa shape index (κ1) is 27.6. The predicted molar refractivity (Wildman–Crippen MR) is 142 cm³/mol. The quantitative estimate of drug-likeness (QED) is 0.384. The number of hydrogen-bond donors (Lipinski definition) is 1. The van der Waals surface area contributed by atoms with Gasteiger partial charge < -0.3 is 29.0 Å². The molecule has 1 amide bonds. The molecule has 1 fully saturated rings. The van der Waals surface area contributed by atoms with Crippen LogP contribution in [0.1, 0.15) is 62.6 Å². The van der Waals surface area contributed by atoms with Crippen molar-refractivity contribution in [1.82, 2.24) is 9.80 Å². The number of hydrogen-bond acceptors (Lipinski definition) is 7. The van der Waals surface area contributed by atoms with Gasteiger partial charge in [-0.15, -0.1) is 0 Å². The summed E-state index contributed by atoms with van der Waals surface area (Å²) in [7, 11) is 1.60. The molecule has 206 valence electrons. The van der Waals surface area contributed by atoms with Crippen LogP contribution in [0.2, 0.25) is 0 Å². The fourth-order valence-corrected chi connectivity index (χ4v) is 5.30. The minimum Gasteiger partial charge on any atom is -0.497 e. The SMILES string of the molecule is CCCCN(CCCC)C(=O)CN1C[C@H](c2ccc3c(c2)OCO3)[C@H](OC(=O)O)[C@H]1c1ccc(OC)cc1. The van der Waals surface area contributed by atoms with Crippen molar-refractivity contribution in [2.75, 3.05) is 40.1 Å². The number of likely N-dealkylation sites (tertiary alicyclic amines) is 1. The Labute approximate surface area is 224 Å². The summed E-state index contributed by atoms with van der Waals surface area (Å²) in [6, 6.07) is 12.7. The Morgan fingerprint density at radius 2 is 1.66 bits per heavy atom. The summed E-state index contributed by atoms with van der Waals surface area (Å²) in [5.41, 5.74) is 1.74. The molecule has 2 aliphatic rings. The lowest BCUT2D eigenvalue weighted by atomic mass is 9.90. The van der Waals surface area contributed by atoms with Gasteiger partial charge in [0, 0.05) is 25.6 Å². The van der Waals surface area contributed by atoms with Gasteiger partial charge in [0.2, 0.25) is 12.7 Å². The summed E-state index contributed by atoms with van der Waals surface area (Å²) in [6.45, 7) is 6.45. The average Bonchev–Trinajstić information content (AvgIpc) is 3.52. The van der Waals surface area contributed by atoms with E-state index in [9.17, 15) is 14.7 Å². The minimum atomic E-state index is -1.35. The summed E-state index contributed by atoms with van der Waals surface area (Å²) in [4.78, 5) is 29.5. The molecular weight excluding hydrogens is 488 g/mol. The number of amides is 1. The molecule has 2 heterocycles. The third-order valence-corrected chi connectivity index (χ3v) is 7.31. The van der Waals surface area contributed by atoms with Crippen molar-refractivity contribution in [3.8, 4) is 17.2 Å². The summed E-state index contributed by atoms with van der Waals surface area (Å²) in [5.74, 6) is 1.72. The van der Waals surface area contributed by atoms with Gasteiger partial charge in [0.05, 0.1) is 19.7 Å². The summed E-state index contributed by atoms with van der Waals surface area (Å²) in [6.07, 6.45) is 1.83. The van der Waals surface area contributed by atoms with Gasteiger partial charge in [-0.1, -0.05) is 44.9 Å². The zero-order valence-corrected chi connectivity index (χ0v) is 22.4. The lowest BCUT2D eigenvalue weighted by Crippen LogP contribution is -2.42. The maximum absolute atomic E-state index is 13.6. The van der Waals surface area contributed by atoms with Gasteiger partial charge in [0.1, 0.15) is 11.9 Å². The van der Waals surface area contributed by atoms with E-state index in [0.29, 0.717) is 23.8 Å². The Morgan fingerprint density at radius 1 is 1.00 bits per heavy atom. The van der Waals surface area contributed by atoms with Gasteiger partial charge in [-0.2, -0.15) is 0 Å². The first-order valence-corrected chi connectivity index (χ1v) is 13.4. The third-order valence-electron chi connectivity index (χ3n) is 7.31.